The van der Waals surface area contributed by atoms with Crippen molar-refractivity contribution < 1.29 is 4.74 Å². The van der Waals surface area contributed by atoms with Crippen molar-refractivity contribution in [1.29, 1.82) is 5.26 Å². The van der Waals surface area contributed by atoms with Crippen LogP contribution in [0.25, 0.3) is 0 Å². The van der Waals surface area contributed by atoms with Gasteiger partial charge >= 0.3 is 0 Å². The van der Waals surface area contributed by atoms with Crippen LogP contribution in [0.5, 0.6) is 5.75 Å². The second kappa shape index (κ2) is 5.63. The van der Waals surface area contributed by atoms with Crippen molar-refractivity contribution in [2.75, 3.05) is 6.61 Å². The van der Waals surface area contributed by atoms with E-state index in [9.17, 15) is 5.26 Å². The molecule has 0 saturated heterocycles. The number of benzene rings is 1. The molecule has 0 radical (unpaired) electrons. The van der Waals surface area contributed by atoms with Gasteiger partial charge in [0.1, 0.15) is 17.9 Å². The van der Waals surface area contributed by atoms with E-state index in [-0.39, 0.29) is 0 Å². The maximum absolute atomic E-state index is 9.26. The summed E-state index contributed by atoms with van der Waals surface area (Å²) in [5.41, 5.74) is 0.698. The molecular formula is C16H22N2O. The fourth-order valence-electron chi connectivity index (χ4n) is 1.96. The van der Waals surface area contributed by atoms with Gasteiger partial charge in [0.2, 0.25) is 0 Å². The Hall–Kier alpha value is -1.53. The van der Waals surface area contributed by atoms with E-state index >= 15 is 0 Å². The molecule has 1 saturated carbocycles. The van der Waals surface area contributed by atoms with Gasteiger partial charge in [-0.25, -0.2) is 0 Å². The van der Waals surface area contributed by atoms with E-state index in [0.717, 1.165) is 5.75 Å². The molecule has 0 heterocycles. The van der Waals surface area contributed by atoms with Crippen LogP contribution in [0.1, 0.15) is 45.1 Å². The molecular weight excluding hydrogens is 236 g/mol. The molecule has 2 rings (SSSR count). The zero-order valence-corrected chi connectivity index (χ0v) is 11.9. The molecule has 102 valence electrons. The van der Waals surface area contributed by atoms with E-state index in [2.05, 4.69) is 37.4 Å². The van der Waals surface area contributed by atoms with Crippen LogP contribution >= 0.6 is 0 Å². The van der Waals surface area contributed by atoms with E-state index in [1.165, 1.54) is 18.4 Å². The van der Waals surface area contributed by atoms with Gasteiger partial charge in [0.15, 0.2) is 0 Å². The Morgan fingerprint density at radius 1 is 1.37 bits per heavy atom. The van der Waals surface area contributed by atoms with E-state index in [0.29, 0.717) is 18.6 Å². The normalized spacial score (nSPS) is 17.8. The monoisotopic (exact) mass is 258 g/mol. The predicted molar refractivity (Wildman–Crippen MR) is 76.2 cm³/mol. The summed E-state index contributed by atoms with van der Waals surface area (Å²) in [5.74, 6) is 1.35. The SMILES string of the molecule is CC(C)c1ccc(OCC(C)(C#N)NC2CC2)cc1. The molecule has 1 aromatic rings. The molecule has 1 N–H and O–H groups in total. The van der Waals surface area contributed by atoms with Gasteiger partial charge in [-0.15, -0.1) is 0 Å². The van der Waals surface area contributed by atoms with Crippen molar-refractivity contribution in [3.8, 4) is 11.8 Å². The topological polar surface area (TPSA) is 45.0 Å². The quantitative estimate of drug-likeness (QED) is 0.852. The molecule has 1 aliphatic rings. The summed E-state index contributed by atoms with van der Waals surface area (Å²) in [5, 5.41) is 12.6. The Kier molecular flexibility index (Phi) is 4.11. The molecule has 19 heavy (non-hydrogen) atoms. The lowest BCUT2D eigenvalue weighted by molar-refractivity contribution is 0.232. The highest BCUT2D eigenvalue weighted by Crippen LogP contribution is 2.23. The molecule has 1 aliphatic carbocycles. The van der Waals surface area contributed by atoms with Gasteiger partial charge in [0.05, 0.1) is 6.07 Å². The summed E-state index contributed by atoms with van der Waals surface area (Å²) in [6.45, 7) is 6.61. The highest BCUT2D eigenvalue weighted by atomic mass is 16.5. The van der Waals surface area contributed by atoms with Crippen LogP contribution in [0.15, 0.2) is 24.3 Å². The Bertz CT molecular complexity index is 457. The third-order valence-corrected chi connectivity index (χ3v) is 3.42. The number of nitrogens with one attached hydrogen (secondary N) is 1. The fourth-order valence-corrected chi connectivity index (χ4v) is 1.96. The van der Waals surface area contributed by atoms with Gasteiger partial charge in [0, 0.05) is 6.04 Å². The summed E-state index contributed by atoms with van der Waals surface area (Å²) in [6, 6.07) is 10.9. The average molecular weight is 258 g/mol. The van der Waals surface area contributed by atoms with E-state index in [1.807, 2.05) is 19.1 Å². The van der Waals surface area contributed by atoms with Crippen LogP contribution in [0.3, 0.4) is 0 Å². The van der Waals surface area contributed by atoms with Crippen LogP contribution in [0.4, 0.5) is 0 Å². The number of ether oxygens (including phenoxy) is 1. The summed E-state index contributed by atoms with van der Waals surface area (Å²) >= 11 is 0. The van der Waals surface area contributed by atoms with Crippen molar-refractivity contribution in [2.45, 2.75) is 51.1 Å². The minimum Gasteiger partial charge on any atom is -0.491 e. The Morgan fingerprint density at radius 2 is 2.00 bits per heavy atom. The van der Waals surface area contributed by atoms with Crippen LogP contribution in [0.2, 0.25) is 0 Å². The molecule has 3 nitrogen and oxygen atoms in total. The largest absolute Gasteiger partial charge is 0.491 e. The standard InChI is InChI=1S/C16H22N2O/c1-12(2)13-4-8-15(9-5-13)19-11-16(3,10-17)18-14-6-7-14/h4-5,8-9,12,14,18H,6-7,11H2,1-3H3. The number of hydrogen-bond acceptors (Lipinski definition) is 3. The predicted octanol–water partition coefficient (Wildman–Crippen LogP) is 3.22. The third-order valence-electron chi connectivity index (χ3n) is 3.42. The molecule has 1 atom stereocenters. The molecule has 1 unspecified atom stereocenters. The zero-order valence-electron chi connectivity index (χ0n) is 11.9. The Labute approximate surface area is 115 Å². The Balaban J connectivity index is 1.91. The molecule has 0 amide bonds. The molecule has 3 heteroatoms. The molecule has 0 aliphatic heterocycles. The minimum absolute atomic E-state index is 0.376. The Morgan fingerprint density at radius 3 is 2.47 bits per heavy atom. The number of nitriles is 1. The third kappa shape index (κ3) is 3.97. The van der Waals surface area contributed by atoms with Gasteiger partial charge < -0.3 is 4.74 Å². The fraction of sp³-hybridized carbons (Fsp3) is 0.562. The van der Waals surface area contributed by atoms with Crippen molar-refractivity contribution in [3.05, 3.63) is 29.8 Å². The van der Waals surface area contributed by atoms with E-state index in [1.54, 1.807) is 0 Å². The van der Waals surface area contributed by atoms with Crippen LogP contribution < -0.4 is 10.1 Å². The first-order valence-electron chi connectivity index (χ1n) is 6.94. The number of nitrogens with zero attached hydrogens (tertiary/aromatic N) is 1. The highest BCUT2D eigenvalue weighted by Gasteiger charge is 2.33. The molecule has 1 aromatic carbocycles. The van der Waals surface area contributed by atoms with Gasteiger partial charge in [0.25, 0.3) is 0 Å². The van der Waals surface area contributed by atoms with E-state index in [4.69, 9.17) is 4.74 Å². The molecule has 1 fully saturated rings. The second-order valence-electron chi connectivity index (χ2n) is 5.87. The maximum Gasteiger partial charge on any atom is 0.138 e. The first-order chi connectivity index (χ1) is 9.02. The van der Waals surface area contributed by atoms with Crippen molar-refractivity contribution in [2.24, 2.45) is 0 Å². The summed E-state index contributed by atoms with van der Waals surface area (Å²) in [7, 11) is 0. The van der Waals surface area contributed by atoms with Crippen molar-refractivity contribution >= 4 is 0 Å². The summed E-state index contributed by atoms with van der Waals surface area (Å²) in [4.78, 5) is 0. The first kappa shape index (κ1) is 13.9. The molecule has 0 bridgehead atoms. The highest BCUT2D eigenvalue weighted by molar-refractivity contribution is 5.29. The number of rotatable bonds is 6. The lowest BCUT2D eigenvalue weighted by atomic mass is 10.0. The van der Waals surface area contributed by atoms with Crippen LogP contribution in [-0.4, -0.2) is 18.2 Å². The maximum atomic E-state index is 9.26. The molecule has 0 spiro atoms. The van der Waals surface area contributed by atoms with Crippen molar-refractivity contribution in [1.82, 2.24) is 5.32 Å². The second-order valence-corrected chi connectivity index (χ2v) is 5.87. The van der Waals surface area contributed by atoms with E-state index < -0.39 is 5.54 Å². The lowest BCUT2D eigenvalue weighted by Crippen LogP contribution is -2.47. The average Bonchev–Trinajstić information content (AvgIpc) is 3.21. The van der Waals surface area contributed by atoms with Gasteiger partial charge in [-0.1, -0.05) is 26.0 Å². The summed E-state index contributed by atoms with van der Waals surface area (Å²) < 4.78 is 5.74. The first-order valence-corrected chi connectivity index (χ1v) is 6.94. The smallest absolute Gasteiger partial charge is 0.138 e. The lowest BCUT2D eigenvalue weighted by Gasteiger charge is -2.23. The van der Waals surface area contributed by atoms with Crippen LogP contribution in [0, 0.1) is 11.3 Å². The van der Waals surface area contributed by atoms with Crippen LogP contribution in [-0.2, 0) is 0 Å². The van der Waals surface area contributed by atoms with Gasteiger partial charge in [-0.2, -0.15) is 5.26 Å². The van der Waals surface area contributed by atoms with Gasteiger partial charge in [-0.05, 0) is 43.4 Å². The summed E-state index contributed by atoms with van der Waals surface area (Å²) in [6.07, 6.45) is 2.33. The molecule has 0 aromatic heterocycles. The van der Waals surface area contributed by atoms with Gasteiger partial charge in [-0.3, -0.25) is 5.32 Å². The zero-order chi connectivity index (χ0) is 13.9. The van der Waals surface area contributed by atoms with Crippen molar-refractivity contribution in [3.63, 3.8) is 0 Å². The number of hydrogen-bond donors (Lipinski definition) is 1. The minimum atomic E-state index is -0.599.